The lowest BCUT2D eigenvalue weighted by Crippen LogP contribution is -2.25. The van der Waals surface area contributed by atoms with E-state index >= 15 is 0 Å². The van der Waals surface area contributed by atoms with E-state index < -0.39 is 0 Å². The van der Waals surface area contributed by atoms with Crippen molar-refractivity contribution in [2.75, 3.05) is 27.8 Å². The van der Waals surface area contributed by atoms with E-state index in [9.17, 15) is 4.79 Å². The molecule has 0 spiro atoms. The molecule has 2 aromatic carbocycles. The summed E-state index contributed by atoms with van der Waals surface area (Å²) in [6.45, 7) is 0.991. The van der Waals surface area contributed by atoms with E-state index in [1.165, 1.54) is 0 Å². The van der Waals surface area contributed by atoms with E-state index in [-0.39, 0.29) is 5.78 Å². The van der Waals surface area contributed by atoms with Crippen LogP contribution >= 0.6 is 0 Å². The van der Waals surface area contributed by atoms with Crippen LogP contribution in [0.4, 0.5) is 0 Å². The van der Waals surface area contributed by atoms with Crippen molar-refractivity contribution in [1.82, 2.24) is 9.88 Å². The van der Waals surface area contributed by atoms with E-state index in [0.717, 1.165) is 22.0 Å². The molecule has 3 aromatic rings. The maximum Gasteiger partial charge on any atom is 0.178 e. The van der Waals surface area contributed by atoms with Gasteiger partial charge >= 0.3 is 0 Å². The van der Waals surface area contributed by atoms with Gasteiger partial charge in [-0.25, -0.2) is 0 Å². The first-order valence-corrected chi connectivity index (χ1v) is 8.11. The largest absolute Gasteiger partial charge is 0.493 e. The smallest absolute Gasteiger partial charge is 0.178 e. The highest BCUT2D eigenvalue weighted by molar-refractivity contribution is 6.08. The number of aromatic amines is 1. The number of methoxy groups -OCH3 is 2. The van der Waals surface area contributed by atoms with Gasteiger partial charge in [0.05, 0.1) is 20.8 Å². The Hall–Kier alpha value is -2.79. The maximum atomic E-state index is 12.6. The Balaban J connectivity index is 1.70. The summed E-state index contributed by atoms with van der Waals surface area (Å²) >= 11 is 0. The summed E-state index contributed by atoms with van der Waals surface area (Å²) in [6.07, 6.45) is 1.79. The molecule has 5 nitrogen and oxygen atoms in total. The first-order chi connectivity index (χ1) is 12.1. The summed E-state index contributed by atoms with van der Waals surface area (Å²) < 4.78 is 10.6. The summed E-state index contributed by atoms with van der Waals surface area (Å²) in [7, 11) is 5.17. The number of benzene rings is 2. The van der Waals surface area contributed by atoms with Crippen LogP contribution in [0.1, 0.15) is 15.9 Å². The number of carbonyl (C=O) groups is 1. The number of carbonyl (C=O) groups excluding carboxylic acids is 1. The van der Waals surface area contributed by atoms with Gasteiger partial charge in [0.1, 0.15) is 0 Å². The second-order valence-corrected chi connectivity index (χ2v) is 6.03. The van der Waals surface area contributed by atoms with Crippen LogP contribution in [0.15, 0.2) is 48.7 Å². The standard InChI is InChI=1S/C20H22N2O3/c1-22(12-14-8-9-19(24-2)20(10-14)25-3)13-18(23)16-11-21-17-7-5-4-6-15(16)17/h4-11,21H,12-13H2,1-3H3. The van der Waals surface area contributed by atoms with E-state index in [0.29, 0.717) is 24.6 Å². The van der Waals surface area contributed by atoms with Gasteiger partial charge in [0.15, 0.2) is 17.3 Å². The van der Waals surface area contributed by atoms with Crippen molar-refractivity contribution in [2.45, 2.75) is 6.54 Å². The summed E-state index contributed by atoms with van der Waals surface area (Å²) in [6, 6.07) is 13.6. The molecule has 1 heterocycles. The zero-order chi connectivity index (χ0) is 17.8. The SMILES string of the molecule is COc1ccc(CN(C)CC(=O)c2c[nH]c3ccccc23)cc1OC. The Labute approximate surface area is 147 Å². The summed E-state index contributed by atoms with van der Waals surface area (Å²) in [4.78, 5) is 17.8. The Morgan fingerprint density at radius 3 is 2.60 bits per heavy atom. The fraction of sp³-hybridized carbons (Fsp3) is 0.250. The Bertz CT molecular complexity index is 886. The van der Waals surface area contributed by atoms with Gasteiger partial charge in [0.25, 0.3) is 0 Å². The predicted octanol–water partition coefficient (Wildman–Crippen LogP) is 3.50. The first-order valence-electron chi connectivity index (χ1n) is 8.11. The number of hydrogen-bond acceptors (Lipinski definition) is 4. The van der Waals surface area contributed by atoms with E-state index in [1.807, 2.05) is 54.4 Å². The van der Waals surface area contributed by atoms with Crippen molar-refractivity contribution in [3.63, 3.8) is 0 Å². The van der Waals surface area contributed by atoms with Gasteiger partial charge in [-0.1, -0.05) is 24.3 Å². The molecule has 0 bridgehead atoms. The second kappa shape index (κ2) is 7.40. The molecule has 0 radical (unpaired) electrons. The Kier molecular flexibility index (Phi) is 5.05. The number of para-hydroxylation sites is 1. The molecule has 0 saturated carbocycles. The van der Waals surface area contributed by atoms with Gasteiger partial charge in [0, 0.05) is 29.2 Å². The van der Waals surface area contributed by atoms with Crippen LogP contribution in [0.2, 0.25) is 0 Å². The maximum absolute atomic E-state index is 12.6. The fourth-order valence-corrected chi connectivity index (χ4v) is 2.98. The van der Waals surface area contributed by atoms with Crippen molar-refractivity contribution in [3.8, 4) is 11.5 Å². The highest BCUT2D eigenvalue weighted by atomic mass is 16.5. The molecule has 1 N–H and O–H groups in total. The molecule has 25 heavy (non-hydrogen) atoms. The topological polar surface area (TPSA) is 54.6 Å². The van der Waals surface area contributed by atoms with Crippen LogP contribution in [0.25, 0.3) is 10.9 Å². The van der Waals surface area contributed by atoms with Crippen molar-refractivity contribution < 1.29 is 14.3 Å². The van der Waals surface area contributed by atoms with E-state index in [4.69, 9.17) is 9.47 Å². The molecule has 130 valence electrons. The zero-order valence-corrected chi connectivity index (χ0v) is 14.7. The average Bonchev–Trinajstić information content (AvgIpc) is 3.05. The number of ether oxygens (including phenoxy) is 2. The predicted molar refractivity (Wildman–Crippen MR) is 98.5 cm³/mol. The van der Waals surface area contributed by atoms with Gasteiger partial charge in [-0.15, -0.1) is 0 Å². The molecule has 0 aliphatic heterocycles. The van der Waals surface area contributed by atoms with E-state index in [1.54, 1.807) is 20.4 Å². The lowest BCUT2D eigenvalue weighted by atomic mass is 10.1. The third-order valence-corrected chi connectivity index (χ3v) is 4.20. The van der Waals surface area contributed by atoms with Gasteiger partial charge in [-0.2, -0.15) is 0 Å². The third-order valence-electron chi connectivity index (χ3n) is 4.20. The minimum Gasteiger partial charge on any atom is -0.493 e. The number of nitrogens with zero attached hydrogens (tertiary/aromatic N) is 1. The van der Waals surface area contributed by atoms with Crippen LogP contribution in [-0.4, -0.2) is 43.5 Å². The van der Waals surface area contributed by atoms with Crippen molar-refractivity contribution in [2.24, 2.45) is 0 Å². The molecule has 0 aliphatic rings. The number of Topliss-reactive ketones (excluding diaryl/α,β-unsaturated/α-hetero) is 1. The van der Waals surface area contributed by atoms with Crippen molar-refractivity contribution in [3.05, 3.63) is 59.8 Å². The molecule has 0 saturated heterocycles. The van der Waals surface area contributed by atoms with Gasteiger partial charge < -0.3 is 14.5 Å². The van der Waals surface area contributed by atoms with Crippen LogP contribution in [0.3, 0.4) is 0 Å². The number of rotatable bonds is 7. The number of H-pyrrole nitrogens is 1. The quantitative estimate of drug-likeness (QED) is 0.670. The van der Waals surface area contributed by atoms with Crippen LogP contribution in [-0.2, 0) is 6.54 Å². The second-order valence-electron chi connectivity index (χ2n) is 6.03. The van der Waals surface area contributed by atoms with Crippen LogP contribution < -0.4 is 9.47 Å². The van der Waals surface area contributed by atoms with E-state index in [2.05, 4.69) is 4.98 Å². The number of ketones is 1. The monoisotopic (exact) mass is 338 g/mol. The molecular weight excluding hydrogens is 316 g/mol. The normalized spacial score (nSPS) is 11.0. The van der Waals surface area contributed by atoms with Crippen LogP contribution in [0.5, 0.6) is 11.5 Å². The molecular formula is C20H22N2O3. The summed E-state index contributed by atoms with van der Waals surface area (Å²) in [5.41, 5.74) is 2.77. The van der Waals surface area contributed by atoms with Gasteiger partial charge in [0.2, 0.25) is 0 Å². The van der Waals surface area contributed by atoms with Crippen molar-refractivity contribution in [1.29, 1.82) is 0 Å². The first kappa shape index (κ1) is 17.0. The molecule has 3 rings (SSSR count). The molecule has 0 fully saturated rings. The summed E-state index contributed by atoms with van der Waals surface area (Å²) in [5, 5.41) is 0.965. The number of likely N-dealkylation sites (N-methyl/N-ethyl adjacent to an activating group) is 1. The minimum atomic E-state index is 0.0976. The molecule has 0 atom stereocenters. The number of aromatic nitrogens is 1. The third kappa shape index (κ3) is 3.67. The van der Waals surface area contributed by atoms with Gasteiger partial charge in [-0.3, -0.25) is 9.69 Å². The lowest BCUT2D eigenvalue weighted by molar-refractivity contribution is 0.0944. The number of nitrogens with one attached hydrogen (secondary N) is 1. The summed E-state index contributed by atoms with van der Waals surface area (Å²) in [5.74, 6) is 1.49. The molecule has 0 amide bonds. The number of hydrogen-bond donors (Lipinski definition) is 1. The molecule has 0 aliphatic carbocycles. The molecule has 1 aromatic heterocycles. The minimum absolute atomic E-state index is 0.0976. The Morgan fingerprint density at radius 2 is 1.84 bits per heavy atom. The molecule has 5 heteroatoms. The zero-order valence-electron chi connectivity index (χ0n) is 14.7. The highest BCUT2D eigenvalue weighted by Gasteiger charge is 2.14. The Morgan fingerprint density at radius 1 is 1.08 bits per heavy atom. The number of fused-ring (bicyclic) bond motifs is 1. The molecule has 0 unspecified atom stereocenters. The average molecular weight is 338 g/mol. The highest BCUT2D eigenvalue weighted by Crippen LogP contribution is 2.28. The van der Waals surface area contributed by atoms with Gasteiger partial charge in [-0.05, 0) is 30.8 Å². The van der Waals surface area contributed by atoms with Crippen LogP contribution in [0, 0.1) is 0 Å². The fourth-order valence-electron chi connectivity index (χ4n) is 2.98. The lowest BCUT2D eigenvalue weighted by Gasteiger charge is -2.17. The van der Waals surface area contributed by atoms with Crippen molar-refractivity contribution >= 4 is 16.7 Å².